The number of H-pyrrole nitrogens is 1. The molecule has 1 aromatic carbocycles. The molecule has 0 aliphatic rings. The van der Waals surface area contributed by atoms with Crippen LogP contribution in [0.25, 0.3) is 27.7 Å². The molecule has 4 aromatic rings. The lowest BCUT2D eigenvalue weighted by molar-refractivity contribution is 1.10. The van der Waals surface area contributed by atoms with Crippen LogP contribution >= 0.6 is 0 Å². The van der Waals surface area contributed by atoms with Crippen LogP contribution in [0.2, 0.25) is 0 Å². The van der Waals surface area contributed by atoms with Gasteiger partial charge in [-0.15, -0.1) is 0 Å². The van der Waals surface area contributed by atoms with Crippen molar-refractivity contribution in [2.24, 2.45) is 0 Å². The zero-order valence-electron chi connectivity index (χ0n) is 13.4. The largest absolute Gasteiger partial charge is 0.397 e. The van der Waals surface area contributed by atoms with Crippen LogP contribution in [0.15, 0.2) is 67.6 Å². The van der Waals surface area contributed by atoms with Crippen LogP contribution in [0.1, 0.15) is 5.69 Å². The number of hydrogen-bond acceptors (Lipinski definition) is 5. The summed E-state index contributed by atoms with van der Waals surface area (Å²) in [6.07, 6.45) is 5.14. The number of aromatic nitrogens is 4. The molecule has 0 atom stereocenters. The lowest BCUT2D eigenvalue weighted by atomic mass is 10.0. The predicted molar refractivity (Wildman–Crippen MR) is 101 cm³/mol. The second-order valence-electron chi connectivity index (χ2n) is 5.66. The molecule has 0 aliphatic carbocycles. The SMILES string of the molecule is C=C(Nc1ccccn1)c1n[nH]c2ccc(-c3cncc(N)c3)cc12. The Kier molecular flexibility index (Phi) is 3.63. The molecule has 6 heteroatoms. The number of nitrogen functional groups attached to an aromatic ring is 1. The fourth-order valence-corrected chi connectivity index (χ4v) is 2.69. The van der Waals surface area contributed by atoms with Gasteiger partial charge in [0.2, 0.25) is 0 Å². The quantitative estimate of drug-likeness (QED) is 0.531. The minimum atomic E-state index is 0.631. The van der Waals surface area contributed by atoms with E-state index < -0.39 is 0 Å². The van der Waals surface area contributed by atoms with Crippen LogP contribution in [0.5, 0.6) is 0 Å². The van der Waals surface area contributed by atoms with Crippen LogP contribution in [-0.4, -0.2) is 20.2 Å². The van der Waals surface area contributed by atoms with Crippen molar-refractivity contribution in [3.8, 4) is 11.1 Å². The molecule has 0 bridgehead atoms. The van der Waals surface area contributed by atoms with E-state index in [9.17, 15) is 0 Å². The molecule has 0 unspecified atom stereocenters. The zero-order chi connectivity index (χ0) is 17.2. The highest BCUT2D eigenvalue weighted by atomic mass is 15.1. The fourth-order valence-electron chi connectivity index (χ4n) is 2.69. The van der Waals surface area contributed by atoms with Crippen molar-refractivity contribution < 1.29 is 0 Å². The van der Waals surface area contributed by atoms with Crippen LogP contribution in [0.3, 0.4) is 0 Å². The molecule has 122 valence electrons. The summed E-state index contributed by atoms with van der Waals surface area (Å²) >= 11 is 0. The highest BCUT2D eigenvalue weighted by molar-refractivity contribution is 5.94. The predicted octanol–water partition coefficient (Wildman–Crippen LogP) is 3.68. The lowest BCUT2D eigenvalue weighted by Gasteiger charge is -2.07. The van der Waals surface area contributed by atoms with Gasteiger partial charge in [-0.1, -0.05) is 18.7 Å². The number of anilines is 2. The Morgan fingerprint density at radius 1 is 1.08 bits per heavy atom. The molecule has 0 radical (unpaired) electrons. The Hall–Kier alpha value is -3.67. The first-order chi connectivity index (χ1) is 12.2. The molecule has 25 heavy (non-hydrogen) atoms. The summed E-state index contributed by atoms with van der Waals surface area (Å²) in [6, 6.07) is 13.6. The van der Waals surface area contributed by atoms with Crippen molar-refractivity contribution in [3.05, 3.63) is 73.3 Å². The Balaban J connectivity index is 1.73. The van der Waals surface area contributed by atoms with Crippen molar-refractivity contribution in [1.82, 2.24) is 20.2 Å². The highest BCUT2D eigenvalue weighted by Crippen LogP contribution is 2.28. The smallest absolute Gasteiger partial charge is 0.130 e. The molecule has 0 saturated carbocycles. The third kappa shape index (κ3) is 2.92. The molecule has 3 heterocycles. The normalized spacial score (nSPS) is 10.7. The van der Waals surface area contributed by atoms with Crippen LogP contribution in [0.4, 0.5) is 11.5 Å². The van der Waals surface area contributed by atoms with Gasteiger partial charge in [-0.25, -0.2) is 4.98 Å². The number of pyridine rings is 2. The maximum Gasteiger partial charge on any atom is 0.130 e. The van der Waals surface area contributed by atoms with Gasteiger partial charge in [0.25, 0.3) is 0 Å². The first-order valence-corrected chi connectivity index (χ1v) is 7.77. The summed E-state index contributed by atoms with van der Waals surface area (Å²) in [5.41, 5.74) is 10.8. The van der Waals surface area contributed by atoms with Gasteiger partial charge in [-0.3, -0.25) is 10.1 Å². The summed E-state index contributed by atoms with van der Waals surface area (Å²) in [4.78, 5) is 8.41. The van der Waals surface area contributed by atoms with E-state index in [1.165, 1.54) is 0 Å². The third-order valence-electron chi connectivity index (χ3n) is 3.89. The number of rotatable bonds is 4. The lowest BCUT2D eigenvalue weighted by Crippen LogP contribution is -1.99. The van der Waals surface area contributed by atoms with Gasteiger partial charge in [-0.05, 0) is 35.9 Å². The first-order valence-electron chi connectivity index (χ1n) is 7.77. The van der Waals surface area contributed by atoms with E-state index in [4.69, 9.17) is 5.73 Å². The maximum atomic E-state index is 5.84. The fraction of sp³-hybridized carbons (Fsp3) is 0. The molecule has 3 aromatic heterocycles. The monoisotopic (exact) mass is 328 g/mol. The van der Waals surface area contributed by atoms with Gasteiger partial charge in [0.1, 0.15) is 11.5 Å². The van der Waals surface area contributed by atoms with Crippen molar-refractivity contribution in [2.45, 2.75) is 0 Å². The zero-order valence-corrected chi connectivity index (χ0v) is 13.4. The van der Waals surface area contributed by atoms with E-state index in [-0.39, 0.29) is 0 Å². The van der Waals surface area contributed by atoms with E-state index in [1.807, 2.05) is 36.4 Å². The number of benzene rings is 1. The minimum Gasteiger partial charge on any atom is -0.397 e. The van der Waals surface area contributed by atoms with Crippen molar-refractivity contribution >= 4 is 28.1 Å². The van der Waals surface area contributed by atoms with Crippen LogP contribution < -0.4 is 11.1 Å². The Labute approximate surface area is 144 Å². The number of nitrogens with zero attached hydrogens (tertiary/aromatic N) is 3. The average molecular weight is 328 g/mol. The third-order valence-corrected chi connectivity index (χ3v) is 3.89. The summed E-state index contributed by atoms with van der Waals surface area (Å²) in [5, 5.41) is 11.6. The average Bonchev–Trinajstić information content (AvgIpc) is 3.06. The molecule has 6 nitrogen and oxygen atoms in total. The summed E-state index contributed by atoms with van der Waals surface area (Å²) < 4.78 is 0. The molecule has 0 saturated heterocycles. The van der Waals surface area contributed by atoms with Gasteiger partial charge < -0.3 is 11.1 Å². The van der Waals surface area contributed by atoms with Crippen LogP contribution in [0, 0.1) is 0 Å². The van der Waals surface area contributed by atoms with Crippen molar-refractivity contribution in [3.63, 3.8) is 0 Å². The van der Waals surface area contributed by atoms with E-state index in [2.05, 4.69) is 38.1 Å². The van der Waals surface area contributed by atoms with Crippen molar-refractivity contribution in [1.29, 1.82) is 0 Å². The Morgan fingerprint density at radius 2 is 2.00 bits per heavy atom. The van der Waals surface area contributed by atoms with Crippen LogP contribution in [-0.2, 0) is 0 Å². The standard InChI is InChI=1S/C19H16N6/c1-12(23-18-4-2-3-7-22-18)19-16-9-13(5-6-17(16)24-25-19)14-8-15(20)11-21-10-14/h2-11H,1,20H2,(H,22,23)(H,24,25). The number of nitrogens with one attached hydrogen (secondary N) is 2. The highest BCUT2D eigenvalue weighted by Gasteiger charge is 2.11. The van der Waals surface area contributed by atoms with E-state index in [0.29, 0.717) is 11.4 Å². The van der Waals surface area contributed by atoms with E-state index in [0.717, 1.165) is 33.5 Å². The first kappa shape index (κ1) is 14.9. The van der Waals surface area contributed by atoms with E-state index in [1.54, 1.807) is 18.6 Å². The number of fused-ring (bicyclic) bond motifs is 1. The maximum absolute atomic E-state index is 5.84. The molecule has 0 amide bonds. The van der Waals surface area contributed by atoms with Crippen molar-refractivity contribution in [2.75, 3.05) is 11.1 Å². The molecule has 0 spiro atoms. The topological polar surface area (TPSA) is 92.5 Å². The molecule has 4 N–H and O–H groups in total. The number of hydrogen-bond donors (Lipinski definition) is 3. The summed E-state index contributed by atoms with van der Waals surface area (Å²) in [6.45, 7) is 4.09. The van der Waals surface area contributed by atoms with Gasteiger partial charge >= 0.3 is 0 Å². The van der Waals surface area contributed by atoms with Gasteiger partial charge in [-0.2, -0.15) is 5.10 Å². The second-order valence-corrected chi connectivity index (χ2v) is 5.66. The summed E-state index contributed by atoms with van der Waals surface area (Å²) in [5.74, 6) is 0.722. The van der Waals surface area contributed by atoms with Gasteiger partial charge in [0.05, 0.1) is 16.9 Å². The second kappa shape index (κ2) is 6.09. The number of aromatic amines is 1. The van der Waals surface area contributed by atoms with Gasteiger partial charge in [0, 0.05) is 29.5 Å². The molecular weight excluding hydrogens is 312 g/mol. The summed E-state index contributed by atoms with van der Waals surface area (Å²) in [7, 11) is 0. The number of nitrogens with two attached hydrogens (primary N) is 1. The van der Waals surface area contributed by atoms with E-state index >= 15 is 0 Å². The molecule has 0 aliphatic heterocycles. The Bertz CT molecular complexity index is 1050. The van der Waals surface area contributed by atoms with Gasteiger partial charge in [0.15, 0.2) is 0 Å². The molecular formula is C19H16N6. The molecule has 4 rings (SSSR count). The Morgan fingerprint density at radius 3 is 2.80 bits per heavy atom. The minimum absolute atomic E-state index is 0.631. The molecule has 0 fully saturated rings.